The maximum atomic E-state index is 12.7. The van der Waals surface area contributed by atoms with Gasteiger partial charge in [-0.3, -0.25) is 0 Å². The number of hydrogen-bond donors (Lipinski definition) is 0. The molecule has 2 aromatic carbocycles. The van der Waals surface area contributed by atoms with E-state index in [9.17, 15) is 12.9 Å². The molecule has 5 heteroatoms. The topological polar surface area (TPSA) is 9.23 Å². The molecule has 0 aromatic heterocycles. The third-order valence-corrected chi connectivity index (χ3v) is 3.98. The molecular formula is C16H15BF3O-. The number of ether oxygens (including phenoxy) is 1. The van der Waals surface area contributed by atoms with Gasteiger partial charge in [-0.2, -0.15) is 0 Å². The lowest BCUT2D eigenvalue weighted by atomic mass is 9.78. The van der Waals surface area contributed by atoms with Crippen molar-refractivity contribution in [2.75, 3.05) is 6.61 Å². The van der Waals surface area contributed by atoms with E-state index in [1.807, 2.05) is 12.1 Å². The molecule has 1 aliphatic carbocycles. The van der Waals surface area contributed by atoms with Crippen LogP contribution in [0.4, 0.5) is 12.9 Å². The number of rotatable bonds is 4. The Morgan fingerprint density at radius 2 is 1.90 bits per heavy atom. The van der Waals surface area contributed by atoms with Gasteiger partial charge in [0.25, 0.3) is 0 Å². The van der Waals surface area contributed by atoms with Gasteiger partial charge in [-0.15, -0.1) is 5.46 Å². The Morgan fingerprint density at radius 3 is 2.57 bits per heavy atom. The maximum absolute atomic E-state index is 12.7. The van der Waals surface area contributed by atoms with Gasteiger partial charge in [0.1, 0.15) is 5.75 Å². The van der Waals surface area contributed by atoms with E-state index >= 15 is 0 Å². The first-order valence-corrected chi connectivity index (χ1v) is 6.96. The van der Waals surface area contributed by atoms with Crippen molar-refractivity contribution >= 4 is 12.4 Å². The average Bonchev–Trinajstić information content (AvgIpc) is 2.40. The molecule has 0 heterocycles. The van der Waals surface area contributed by atoms with Crippen molar-refractivity contribution in [1.29, 1.82) is 0 Å². The van der Waals surface area contributed by atoms with Gasteiger partial charge in [-0.05, 0) is 36.1 Å². The van der Waals surface area contributed by atoms with Crippen LogP contribution >= 0.6 is 0 Å². The molecule has 0 bridgehead atoms. The summed E-state index contributed by atoms with van der Waals surface area (Å²) >= 11 is 0. The van der Waals surface area contributed by atoms with Crippen molar-refractivity contribution in [2.45, 2.75) is 19.3 Å². The van der Waals surface area contributed by atoms with Crippen LogP contribution < -0.4 is 10.2 Å². The molecule has 1 unspecified atom stereocenters. The summed E-state index contributed by atoms with van der Waals surface area (Å²) in [4.78, 5) is 0. The zero-order valence-electron chi connectivity index (χ0n) is 11.7. The van der Waals surface area contributed by atoms with E-state index in [1.165, 1.54) is 17.2 Å². The molecule has 0 amide bonds. The minimum absolute atomic E-state index is 0.340. The summed E-state index contributed by atoms with van der Waals surface area (Å²) in [5.41, 5.74) is 2.57. The fourth-order valence-corrected chi connectivity index (χ4v) is 2.74. The normalized spacial score (nSPS) is 17.0. The smallest absolute Gasteiger partial charge is 0.493 e. The standard InChI is InChI=1S/C16H15BF3O/c1-11-8-14(17(18,19)20)6-7-16(11)21-10-13-9-12-4-2-3-5-15(12)13/h2-8,13H,9-10H2,1H3/q-1. The fourth-order valence-electron chi connectivity index (χ4n) is 2.74. The van der Waals surface area contributed by atoms with Crippen molar-refractivity contribution < 1.29 is 17.7 Å². The van der Waals surface area contributed by atoms with Gasteiger partial charge in [0, 0.05) is 5.92 Å². The fraction of sp³-hybridized carbons (Fsp3) is 0.250. The molecule has 110 valence electrons. The quantitative estimate of drug-likeness (QED) is 0.779. The van der Waals surface area contributed by atoms with Crippen molar-refractivity contribution in [2.24, 2.45) is 0 Å². The Labute approximate surface area is 121 Å². The van der Waals surface area contributed by atoms with Crippen LogP contribution in [0.15, 0.2) is 42.5 Å². The molecule has 0 aliphatic heterocycles. The molecule has 21 heavy (non-hydrogen) atoms. The number of fused-ring (bicyclic) bond motifs is 1. The first-order valence-electron chi connectivity index (χ1n) is 6.96. The molecule has 0 N–H and O–H groups in total. The lowest BCUT2D eigenvalue weighted by molar-refractivity contribution is 0.273. The van der Waals surface area contributed by atoms with Crippen molar-refractivity contribution in [3.05, 3.63) is 59.2 Å². The molecule has 3 rings (SSSR count). The van der Waals surface area contributed by atoms with Crippen LogP contribution in [-0.2, 0) is 6.42 Å². The number of benzene rings is 2. The van der Waals surface area contributed by atoms with Gasteiger partial charge in [-0.25, -0.2) is 0 Å². The summed E-state index contributed by atoms with van der Waals surface area (Å²) in [5, 5.41) is 0. The van der Waals surface area contributed by atoms with E-state index in [4.69, 9.17) is 4.74 Å². The van der Waals surface area contributed by atoms with Gasteiger partial charge in [-0.1, -0.05) is 36.4 Å². The van der Waals surface area contributed by atoms with E-state index in [1.54, 1.807) is 6.92 Å². The van der Waals surface area contributed by atoms with E-state index in [0.717, 1.165) is 18.6 Å². The van der Waals surface area contributed by atoms with Crippen molar-refractivity contribution in [1.82, 2.24) is 0 Å². The highest BCUT2D eigenvalue weighted by molar-refractivity contribution is 6.73. The van der Waals surface area contributed by atoms with Crippen LogP contribution in [0.1, 0.15) is 22.6 Å². The molecule has 0 radical (unpaired) electrons. The largest absolute Gasteiger partial charge is 0.509 e. The first-order chi connectivity index (χ1) is 9.95. The van der Waals surface area contributed by atoms with Crippen molar-refractivity contribution in [3.63, 3.8) is 0 Å². The summed E-state index contributed by atoms with van der Waals surface area (Å²) in [6.07, 6.45) is 0.971. The Hall–Kier alpha value is -1.91. The van der Waals surface area contributed by atoms with Gasteiger partial charge < -0.3 is 17.7 Å². The molecule has 0 fully saturated rings. The SMILES string of the molecule is Cc1cc([B-](F)(F)F)ccc1OCC1Cc2ccccc21. The zero-order valence-corrected chi connectivity index (χ0v) is 11.7. The Bertz CT molecular complexity index is 667. The Morgan fingerprint density at radius 1 is 1.14 bits per heavy atom. The minimum atomic E-state index is -4.95. The predicted octanol–water partition coefficient (Wildman–Crippen LogP) is 3.77. The molecule has 1 atom stereocenters. The third kappa shape index (κ3) is 2.78. The molecule has 0 saturated heterocycles. The second-order valence-corrected chi connectivity index (χ2v) is 5.51. The molecule has 0 spiro atoms. The monoisotopic (exact) mass is 291 g/mol. The highest BCUT2D eigenvalue weighted by Crippen LogP contribution is 2.35. The van der Waals surface area contributed by atoms with E-state index in [-0.39, 0.29) is 0 Å². The second-order valence-electron chi connectivity index (χ2n) is 5.51. The Balaban J connectivity index is 1.67. The molecule has 2 aromatic rings. The first kappa shape index (κ1) is 14.0. The number of halogens is 3. The van der Waals surface area contributed by atoms with Crippen molar-refractivity contribution in [3.8, 4) is 5.75 Å². The molecular weight excluding hydrogens is 276 g/mol. The van der Waals surface area contributed by atoms with E-state index in [2.05, 4.69) is 12.1 Å². The summed E-state index contributed by atoms with van der Waals surface area (Å²) in [6, 6.07) is 11.9. The van der Waals surface area contributed by atoms with E-state index < -0.39 is 12.4 Å². The van der Waals surface area contributed by atoms with Crippen LogP contribution in [0.3, 0.4) is 0 Å². The Kier molecular flexibility index (Phi) is 3.43. The van der Waals surface area contributed by atoms with Crippen LogP contribution in [0.5, 0.6) is 5.75 Å². The number of aryl methyl sites for hydroxylation is 1. The highest BCUT2D eigenvalue weighted by Gasteiger charge is 2.27. The van der Waals surface area contributed by atoms with Gasteiger partial charge in [0.05, 0.1) is 6.61 Å². The third-order valence-electron chi connectivity index (χ3n) is 3.98. The van der Waals surface area contributed by atoms with Crippen LogP contribution in [-0.4, -0.2) is 13.6 Å². The minimum Gasteiger partial charge on any atom is -0.493 e. The van der Waals surface area contributed by atoms with Gasteiger partial charge in [0.2, 0.25) is 0 Å². The van der Waals surface area contributed by atoms with Crippen LogP contribution in [0, 0.1) is 6.92 Å². The highest BCUT2D eigenvalue weighted by atomic mass is 19.4. The van der Waals surface area contributed by atoms with E-state index in [0.29, 0.717) is 23.8 Å². The molecule has 1 aliphatic rings. The maximum Gasteiger partial charge on any atom is 0.509 e. The predicted molar refractivity (Wildman–Crippen MR) is 78.3 cm³/mol. The van der Waals surface area contributed by atoms with Gasteiger partial charge in [0.15, 0.2) is 0 Å². The summed E-state index contributed by atoms with van der Waals surface area (Å²) in [7, 11) is 0. The second kappa shape index (κ2) is 5.13. The lowest BCUT2D eigenvalue weighted by Gasteiger charge is -2.30. The molecule has 0 saturated carbocycles. The van der Waals surface area contributed by atoms with Gasteiger partial charge >= 0.3 is 6.98 Å². The summed E-state index contributed by atoms with van der Waals surface area (Å²) < 4.78 is 43.7. The zero-order chi connectivity index (χ0) is 15.0. The van der Waals surface area contributed by atoms with Crippen LogP contribution in [0.2, 0.25) is 0 Å². The number of hydrogen-bond acceptors (Lipinski definition) is 1. The van der Waals surface area contributed by atoms with Crippen LogP contribution in [0.25, 0.3) is 0 Å². The average molecular weight is 291 g/mol. The molecule has 1 nitrogen and oxygen atoms in total. The summed E-state index contributed by atoms with van der Waals surface area (Å²) in [6.45, 7) is -2.79. The summed E-state index contributed by atoms with van der Waals surface area (Å²) in [5.74, 6) is 0.871. The lowest BCUT2D eigenvalue weighted by Crippen LogP contribution is -2.34.